The summed E-state index contributed by atoms with van der Waals surface area (Å²) in [7, 11) is -5.78. The van der Waals surface area contributed by atoms with E-state index in [-0.39, 0.29) is 5.52 Å². The smallest absolute Gasteiger partial charge is 0.354 e. The van der Waals surface area contributed by atoms with Crippen molar-refractivity contribution in [1.29, 1.82) is 0 Å². The summed E-state index contributed by atoms with van der Waals surface area (Å²) >= 11 is 1.50. The molecule has 0 spiro atoms. The van der Waals surface area contributed by atoms with E-state index in [1.807, 2.05) is 30.3 Å². The van der Waals surface area contributed by atoms with Crippen LogP contribution in [0.4, 0.5) is 13.2 Å². The average molecular weight is 400 g/mol. The highest BCUT2D eigenvalue weighted by Gasteiger charge is 2.48. The molecule has 0 atom stereocenters. The van der Waals surface area contributed by atoms with Crippen LogP contribution in [0.2, 0.25) is 0 Å². The van der Waals surface area contributed by atoms with Gasteiger partial charge in [0.15, 0.2) is 0 Å². The van der Waals surface area contributed by atoms with E-state index >= 15 is 0 Å². The van der Waals surface area contributed by atoms with Gasteiger partial charge in [-0.25, -0.2) is 9.97 Å². The van der Waals surface area contributed by atoms with Crippen molar-refractivity contribution in [2.24, 2.45) is 0 Å². The highest BCUT2D eigenvalue weighted by molar-refractivity contribution is 7.98. The molecule has 3 aromatic rings. The molecule has 0 bridgehead atoms. The Morgan fingerprint density at radius 2 is 1.77 bits per heavy atom. The Labute approximate surface area is 151 Å². The Morgan fingerprint density at radius 1 is 1.04 bits per heavy atom. The van der Waals surface area contributed by atoms with Crippen molar-refractivity contribution in [2.75, 3.05) is 0 Å². The number of alkyl halides is 3. The molecule has 0 aliphatic rings. The fraction of sp³-hybridized carbons (Fsp3) is 0.125. The highest BCUT2D eigenvalue weighted by Crippen LogP contribution is 2.28. The Kier molecular flexibility index (Phi) is 5.05. The first kappa shape index (κ1) is 18.5. The van der Waals surface area contributed by atoms with Crippen molar-refractivity contribution in [2.45, 2.75) is 16.2 Å². The van der Waals surface area contributed by atoms with Gasteiger partial charge in [0.05, 0.1) is 17.2 Å². The molecule has 136 valence electrons. The van der Waals surface area contributed by atoms with E-state index in [2.05, 4.69) is 14.2 Å². The second-order valence-corrected chi connectivity index (χ2v) is 7.70. The molecule has 0 amide bonds. The summed E-state index contributed by atoms with van der Waals surface area (Å²) in [5, 5.41) is 0. The Bertz CT molecular complexity index is 1030. The predicted molar refractivity (Wildman–Crippen MR) is 91.1 cm³/mol. The van der Waals surface area contributed by atoms with E-state index in [1.54, 1.807) is 18.2 Å². The quantitative estimate of drug-likeness (QED) is 0.364. The lowest BCUT2D eigenvalue weighted by atomic mass is 10.2. The molecule has 0 unspecified atom stereocenters. The zero-order chi connectivity index (χ0) is 18.8. The number of aromatic nitrogens is 2. The third kappa shape index (κ3) is 4.25. The van der Waals surface area contributed by atoms with E-state index in [0.29, 0.717) is 11.3 Å². The van der Waals surface area contributed by atoms with E-state index in [1.165, 1.54) is 11.8 Å². The molecule has 0 saturated heterocycles. The summed E-state index contributed by atoms with van der Waals surface area (Å²) in [4.78, 5) is 8.50. The van der Waals surface area contributed by atoms with Crippen LogP contribution in [-0.2, 0) is 15.9 Å². The third-order valence-corrected chi connectivity index (χ3v) is 5.24. The van der Waals surface area contributed by atoms with Gasteiger partial charge in [-0.3, -0.25) is 0 Å². The molecular weight excluding hydrogens is 389 g/mol. The summed E-state index contributed by atoms with van der Waals surface area (Å²) in [6, 6.07) is 14.8. The van der Waals surface area contributed by atoms with Crippen molar-refractivity contribution in [3.05, 3.63) is 60.3 Å². The van der Waals surface area contributed by atoms with Crippen molar-refractivity contribution >= 4 is 32.9 Å². The Morgan fingerprint density at radius 3 is 2.46 bits per heavy atom. The summed E-state index contributed by atoms with van der Waals surface area (Å²) < 4.78 is 63.3. The van der Waals surface area contributed by atoms with Crippen molar-refractivity contribution < 1.29 is 25.8 Å². The predicted octanol–water partition coefficient (Wildman–Crippen LogP) is 4.15. The molecule has 0 radical (unpaired) electrons. The number of benzene rings is 2. The summed E-state index contributed by atoms with van der Waals surface area (Å²) in [5.41, 5.74) is -3.78. The number of rotatable bonds is 5. The topological polar surface area (TPSA) is 69.2 Å². The number of nitrogens with zero attached hydrogens (tertiary/aromatic N) is 2. The van der Waals surface area contributed by atoms with Gasteiger partial charge in [0, 0.05) is 10.6 Å². The van der Waals surface area contributed by atoms with Crippen LogP contribution in [-0.4, -0.2) is 23.9 Å². The standard InChI is InChI=1S/C16H11F3N2O3S2/c17-16(18,19)26(22,23)24-15-9-20-13-7-6-12(8-14(13)21-15)25-10-11-4-2-1-3-5-11/h1-9H,10H2. The number of hydrogen-bond acceptors (Lipinski definition) is 6. The molecule has 26 heavy (non-hydrogen) atoms. The van der Waals surface area contributed by atoms with Gasteiger partial charge in [0.1, 0.15) is 0 Å². The van der Waals surface area contributed by atoms with Crippen molar-refractivity contribution in [3.63, 3.8) is 0 Å². The fourth-order valence-corrected chi connectivity index (χ4v) is 3.29. The van der Waals surface area contributed by atoms with Crippen molar-refractivity contribution in [3.8, 4) is 5.88 Å². The summed E-state index contributed by atoms with van der Waals surface area (Å²) in [5.74, 6) is -0.0432. The lowest BCUT2D eigenvalue weighted by molar-refractivity contribution is -0.0501. The van der Waals surface area contributed by atoms with Crippen LogP contribution in [0, 0.1) is 0 Å². The monoisotopic (exact) mass is 400 g/mol. The Hall–Kier alpha value is -2.33. The van der Waals surface area contributed by atoms with Gasteiger partial charge < -0.3 is 4.18 Å². The summed E-state index contributed by atoms with van der Waals surface area (Å²) in [6.45, 7) is 0. The minimum Gasteiger partial charge on any atom is -0.354 e. The van der Waals surface area contributed by atoms with Crippen molar-refractivity contribution in [1.82, 2.24) is 9.97 Å². The second-order valence-electron chi connectivity index (χ2n) is 5.12. The zero-order valence-corrected chi connectivity index (χ0v) is 14.6. The van der Waals surface area contributed by atoms with Crippen LogP contribution in [0.25, 0.3) is 11.0 Å². The number of halogens is 3. The maximum absolute atomic E-state index is 12.4. The lowest BCUT2D eigenvalue weighted by Crippen LogP contribution is -2.28. The highest BCUT2D eigenvalue weighted by atomic mass is 32.2. The van der Waals surface area contributed by atoms with Gasteiger partial charge in [0.25, 0.3) is 5.88 Å². The number of hydrogen-bond donors (Lipinski definition) is 0. The van der Waals surface area contributed by atoms with E-state index in [4.69, 9.17) is 0 Å². The summed E-state index contributed by atoms with van der Waals surface area (Å²) in [6.07, 6.45) is 0.836. The first-order chi connectivity index (χ1) is 12.2. The van der Waals surface area contributed by atoms with Crippen LogP contribution in [0.15, 0.2) is 59.6 Å². The first-order valence-corrected chi connectivity index (χ1v) is 9.58. The average Bonchev–Trinajstić information content (AvgIpc) is 2.59. The SMILES string of the molecule is O=S(=O)(Oc1cnc2ccc(SCc3ccccc3)cc2n1)C(F)(F)F. The minimum absolute atomic E-state index is 0.234. The van der Waals surface area contributed by atoms with Gasteiger partial charge in [-0.15, -0.1) is 11.8 Å². The molecule has 3 rings (SSSR count). The van der Waals surface area contributed by atoms with Crippen LogP contribution < -0.4 is 4.18 Å². The Balaban J connectivity index is 1.82. The van der Waals surface area contributed by atoms with E-state index in [0.717, 1.165) is 16.7 Å². The maximum Gasteiger partial charge on any atom is 0.534 e. The van der Waals surface area contributed by atoms with Gasteiger partial charge >= 0.3 is 15.6 Å². The van der Waals surface area contributed by atoms with E-state index in [9.17, 15) is 21.6 Å². The zero-order valence-electron chi connectivity index (χ0n) is 13.0. The minimum atomic E-state index is -5.78. The van der Waals surface area contributed by atoms with Crippen LogP contribution in [0.5, 0.6) is 5.88 Å². The first-order valence-electron chi connectivity index (χ1n) is 7.19. The number of fused-ring (bicyclic) bond motifs is 1. The second kappa shape index (κ2) is 7.12. The van der Waals surface area contributed by atoms with Gasteiger partial charge in [-0.2, -0.15) is 21.6 Å². The van der Waals surface area contributed by atoms with Gasteiger partial charge in [-0.05, 0) is 23.8 Å². The molecule has 5 nitrogen and oxygen atoms in total. The molecule has 0 aliphatic carbocycles. The molecule has 0 N–H and O–H groups in total. The van der Waals surface area contributed by atoms with Crippen LogP contribution in [0.3, 0.4) is 0 Å². The van der Waals surface area contributed by atoms with Crippen LogP contribution in [0.1, 0.15) is 5.56 Å². The lowest BCUT2D eigenvalue weighted by Gasteiger charge is -2.09. The molecule has 1 heterocycles. The third-order valence-electron chi connectivity index (χ3n) is 3.22. The largest absolute Gasteiger partial charge is 0.534 e. The van der Waals surface area contributed by atoms with E-state index < -0.39 is 21.5 Å². The molecule has 0 saturated carbocycles. The molecule has 0 aliphatic heterocycles. The fourth-order valence-electron chi connectivity index (χ4n) is 2.00. The molecule has 0 fully saturated rings. The molecule has 1 aromatic heterocycles. The molecular formula is C16H11F3N2O3S2. The number of thioether (sulfide) groups is 1. The normalized spacial score (nSPS) is 12.3. The van der Waals surface area contributed by atoms with Gasteiger partial charge in [-0.1, -0.05) is 30.3 Å². The van der Waals surface area contributed by atoms with Gasteiger partial charge in [0.2, 0.25) is 0 Å². The molecule has 2 aromatic carbocycles. The van der Waals surface area contributed by atoms with Crippen LogP contribution >= 0.6 is 11.8 Å². The molecule has 10 heteroatoms. The maximum atomic E-state index is 12.4.